The van der Waals surface area contributed by atoms with Gasteiger partial charge in [-0.25, -0.2) is 4.39 Å². The van der Waals surface area contributed by atoms with Gasteiger partial charge in [0.1, 0.15) is 6.67 Å². The molecule has 0 aromatic rings. The molecule has 0 N–H and O–H groups in total. The Morgan fingerprint density at radius 3 is 2.27 bits per heavy atom. The quantitative estimate of drug-likeness (QED) is 0.618. The molecule has 0 aliphatic carbocycles. The molecule has 0 unspecified atom stereocenters. The zero-order chi connectivity index (χ0) is 8.91. The van der Waals surface area contributed by atoms with Crippen molar-refractivity contribution in [3.63, 3.8) is 0 Å². The first-order valence-electron chi connectivity index (χ1n) is 4.03. The molecule has 0 atom stereocenters. The van der Waals surface area contributed by atoms with Gasteiger partial charge in [-0.2, -0.15) is 0 Å². The number of hydrogen-bond acceptors (Lipinski definition) is 1. The van der Waals surface area contributed by atoms with Crippen LogP contribution in [0.5, 0.6) is 0 Å². The lowest BCUT2D eigenvalue weighted by molar-refractivity contribution is -0.120. The van der Waals surface area contributed by atoms with Crippen molar-refractivity contribution in [2.24, 2.45) is 5.41 Å². The highest BCUT2D eigenvalue weighted by Gasteiger charge is 2.10. The van der Waals surface area contributed by atoms with Crippen molar-refractivity contribution in [1.29, 1.82) is 0 Å². The fourth-order valence-electron chi connectivity index (χ4n) is 0.883. The van der Waals surface area contributed by atoms with Crippen LogP contribution in [0.2, 0.25) is 0 Å². The summed E-state index contributed by atoms with van der Waals surface area (Å²) in [6, 6.07) is 0. The summed E-state index contributed by atoms with van der Waals surface area (Å²) in [6.45, 7) is 5.55. The third-order valence-corrected chi connectivity index (χ3v) is 1.53. The van der Waals surface area contributed by atoms with Gasteiger partial charge < -0.3 is 0 Å². The maximum atomic E-state index is 11.7. The molecule has 0 aromatic heterocycles. The third kappa shape index (κ3) is 7.50. The molecule has 0 rings (SSSR count). The Morgan fingerprint density at radius 1 is 1.36 bits per heavy atom. The van der Waals surface area contributed by atoms with Crippen molar-refractivity contribution in [3.8, 4) is 0 Å². The second kappa shape index (κ2) is 4.47. The van der Waals surface area contributed by atoms with Crippen molar-refractivity contribution in [1.82, 2.24) is 0 Å². The second-order valence-corrected chi connectivity index (χ2v) is 4.09. The van der Waals surface area contributed by atoms with Crippen molar-refractivity contribution in [2.45, 2.75) is 40.0 Å². The van der Waals surface area contributed by atoms with E-state index < -0.39 is 6.67 Å². The summed E-state index contributed by atoms with van der Waals surface area (Å²) in [6.07, 6.45) is 2.19. The minimum atomic E-state index is -0.801. The number of ketones is 1. The van der Waals surface area contributed by atoms with Gasteiger partial charge in [0.15, 0.2) is 5.78 Å². The number of carbonyl (C=O) groups excluding carboxylic acids is 1. The van der Waals surface area contributed by atoms with Crippen LogP contribution in [0, 0.1) is 5.41 Å². The minimum absolute atomic E-state index is 0.261. The van der Waals surface area contributed by atoms with Crippen LogP contribution in [0.3, 0.4) is 0 Å². The van der Waals surface area contributed by atoms with E-state index in [0.717, 1.165) is 12.8 Å². The summed E-state index contributed by atoms with van der Waals surface area (Å²) in [7, 11) is 0. The van der Waals surface area contributed by atoms with Gasteiger partial charge in [0.2, 0.25) is 0 Å². The number of halogens is 1. The predicted molar refractivity (Wildman–Crippen MR) is 44.3 cm³/mol. The first kappa shape index (κ1) is 10.6. The van der Waals surface area contributed by atoms with Gasteiger partial charge in [-0.3, -0.25) is 4.79 Å². The van der Waals surface area contributed by atoms with Gasteiger partial charge in [-0.05, 0) is 18.3 Å². The van der Waals surface area contributed by atoms with Crippen LogP contribution in [-0.2, 0) is 4.79 Å². The Kier molecular flexibility index (Phi) is 4.31. The molecule has 0 saturated heterocycles. The van der Waals surface area contributed by atoms with E-state index in [-0.39, 0.29) is 11.2 Å². The normalized spacial score (nSPS) is 11.6. The zero-order valence-electron chi connectivity index (χ0n) is 7.61. The molecule has 0 amide bonds. The monoisotopic (exact) mass is 160 g/mol. The molecule has 2 heteroatoms. The summed E-state index contributed by atoms with van der Waals surface area (Å²) in [5, 5.41) is 0. The van der Waals surface area contributed by atoms with Crippen LogP contribution in [0.25, 0.3) is 0 Å². The van der Waals surface area contributed by atoms with Crippen LogP contribution in [0.1, 0.15) is 40.0 Å². The third-order valence-electron chi connectivity index (χ3n) is 1.53. The molecule has 0 heterocycles. The van der Waals surface area contributed by atoms with Crippen LogP contribution in [-0.4, -0.2) is 12.5 Å². The van der Waals surface area contributed by atoms with E-state index in [9.17, 15) is 9.18 Å². The SMILES string of the molecule is CC(C)(C)CCCC(=O)CF. The number of carbonyl (C=O) groups is 1. The van der Waals surface area contributed by atoms with Gasteiger partial charge in [-0.1, -0.05) is 20.8 Å². The summed E-state index contributed by atoms with van der Waals surface area (Å²) < 4.78 is 11.7. The summed E-state index contributed by atoms with van der Waals surface area (Å²) in [4.78, 5) is 10.5. The lowest BCUT2D eigenvalue weighted by Gasteiger charge is -2.16. The fourth-order valence-corrected chi connectivity index (χ4v) is 0.883. The van der Waals surface area contributed by atoms with E-state index in [2.05, 4.69) is 20.8 Å². The Hall–Kier alpha value is -0.400. The largest absolute Gasteiger partial charge is 0.297 e. The average molecular weight is 160 g/mol. The molecule has 0 fully saturated rings. The average Bonchev–Trinajstić information content (AvgIpc) is 1.85. The van der Waals surface area contributed by atoms with E-state index in [0.29, 0.717) is 6.42 Å². The molecule has 0 bridgehead atoms. The van der Waals surface area contributed by atoms with Gasteiger partial charge in [0, 0.05) is 6.42 Å². The first-order chi connectivity index (χ1) is 4.95. The van der Waals surface area contributed by atoms with Gasteiger partial charge in [0.25, 0.3) is 0 Å². The molecule has 1 nitrogen and oxygen atoms in total. The predicted octanol–water partition coefficient (Wildman–Crippen LogP) is 2.74. The topological polar surface area (TPSA) is 17.1 Å². The number of alkyl halides is 1. The van der Waals surface area contributed by atoms with E-state index in [1.165, 1.54) is 0 Å². The Morgan fingerprint density at radius 2 is 1.91 bits per heavy atom. The number of rotatable bonds is 4. The summed E-state index contributed by atoms with van der Waals surface area (Å²) in [5.41, 5.74) is 0.261. The minimum Gasteiger partial charge on any atom is -0.297 e. The van der Waals surface area contributed by atoms with Crippen LogP contribution in [0.15, 0.2) is 0 Å². The molecule has 0 aliphatic rings. The Bertz CT molecular complexity index is 124. The van der Waals surface area contributed by atoms with Crippen molar-refractivity contribution in [2.75, 3.05) is 6.67 Å². The molecule has 0 radical (unpaired) electrons. The van der Waals surface area contributed by atoms with Gasteiger partial charge in [-0.15, -0.1) is 0 Å². The van der Waals surface area contributed by atoms with Crippen molar-refractivity contribution >= 4 is 5.78 Å². The maximum Gasteiger partial charge on any atom is 0.163 e. The molecule has 0 saturated carbocycles. The molecule has 0 spiro atoms. The molecular weight excluding hydrogens is 143 g/mol. The van der Waals surface area contributed by atoms with E-state index >= 15 is 0 Å². The highest BCUT2D eigenvalue weighted by Crippen LogP contribution is 2.21. The highest BCUT2D eigenvalue weighted by molar-refractivity contribution is 5.79. The van der Waals surface area contributed by atoms with E-state index in [4.69, 9.17) is 0 Å². The second-order valence-electron chi connectivity index (χ2n) is 4.09. The standard InChI is InChI=1S/C9H17FO/c1-9(2,3)6-4-5-8(11)7-10/h4-7H2,1-3H3. The lowest BCUT2D eigenvalue weighted by Crippen LogP contribution is -2.07. The Labute approximate surface area is 68.0 Å². The van der Waals surface area contributed by atoms with Gasteiger partial charge >= 0.3 is 0 Å². The van der Waals surface area contributed by atoms with E-state index in [1.54, 1.807) is 0 Å². The summed E-state index contributed by atoms with van der Waals surface area (Å²) in [5.74, 6) is -0.269. The molecule has 66 valence electrons. The fraction of sp³-hybridized carbons (Fsp3) is 0.889. The molecular formula is C9H17FO. The van der Waals surface area contributed by atoms with E-state index in [1.807, 2.05) is 0 Å². The van der Waals surface area contributed by atoms with Crippen LogP contribution < -0.4 is 0 Å². The highest BCUT2D eigenvalue weighted by atomic mass is 19.1. The molecule has 11 heavy (non-hydrogen) atoms. The van der Waals surface area contributed by atoms with Crippen LogP contribution in [0.4, 0.5) is 4.39 Å². The van der Waals surface area contributed by atoms with Crippen molar-refractivity contribution in [3.05, 3.63) is 0 Å². The molecule has 0 aliphatic heterocycles. The zero-order valence-corrected chi connectivity index (χ0v) is 7.61. The number of hydrogen-bond donors (Lipinski definition) is 0. The Balaban J connectivity index is 3.35. The molecule has 0 aromatic carbocycles. The van der Waals surface area contributed by atoms with Crippen LogP contribution >= 0.6 is 0 Å². The lowest BCUT2D eigenvalue weighted by atomic mass is 9.89. The summed E-state index contributed by atoms with van der Waals surface area (Å²) >= 11 is 0. The number of Topliss-reactive ketones (excluding diaryl/α,β-unsaturated/α-hetero) is 1. The maximum absolute atomic E-state index is 11.7. The first-order valence-corrected chi connectivity index (χ1v) is 4.03. The smallest absolute Gasteiger partial charge is 0.163 e. The van der Waals surface area contributed by atoms with Gasteiger partial charge in [0.05, 0.1) is 0 Å². The van der Waals surface area contributed by atoms with Crippen molar-refractivity contribution < 1.29 is 9.18 Å².